The van der Waals surface area contributed by atoms with Gasteiger partial charge in [0.15, 0.2) is 5.60 Å². The Bertz CT molecular complexity index is 670. The van der Waals surface area contributed by atoms with Crippen LogP contribution in [0.15, 0.2) is 11.6 Å². The van der Waals surface area contributed by atoms with E-state index in [1.807, 2.05) is 6.92 Å². The number of rotatable bonds is 1. The summed E-state index contributed by atoms with van der Waals surface area (Å²) in [5.74, 6) is -0.500. The first-order chi connectivity index (χ1) is 10.9. The van der Waals surface area contributed by atoms with Crippen molar-refractivity contribution >= 4 is 11.9 Å². The summed E-state index contributed by atoms with van der Waals surface area (Å²) in [6.07, 6.45) is 2.89. The minimum atomic E-state index is -0.776. The highest BCUT2D eigenvalue weighted by atomic mass is 16.8. The Morgan fingerprint density at radius 1 is 1.17 bits per heavy atom. The third kappa shape index (κ3) is 1.32. The molecule has 7 unspecified atom stereocenters. The molecule has 3 heterocycles. The van der Waals surface area contributed by atoms with E-state index in [1.165, 1.54) is 7.11 Å². The molecule has 2 saturated heterocycles. The number of epoxide rings is 1. The molecule has 7 atom stereocenters. The number of hydrogen-bond acceptors (Lipinski definition) is 6. The van der Waals surface area contributed by atoms with Gasteiger partial charge in [0.05, 0.1) is 5.41 Å². The molecule has 2 saturated carbocycles. The molecule has 1 spiro atoms. The summed E-state index contributed by atoms with van der Waals surface area (Å²) in [5, 5.41) is 0. The third-order valence-electron chi connectivity index (χ3n) is 6.87. The van der Waals surface area contributed by atoms with Gasteiger partial charge in [-0.1, -0.05) is 13.3 Å². The van der Waals surface area contributed by atoms with Crippen molar-refractivity contribution in [3.63, 3.8) is 0 Å². The largest absolute Gasteiger partial charge is 0.459 e. The van der Waals surface area contributed by atoms with Crippen molar-refractivity contribution in [1.29, 1.82) is 0 Å². The maximum Gasteiger partial charge on any atom is 0.333 e. The molecule has 124 valence electrons. The van der Waals surface area contributed by atoms with Crippen molar-refractivity contribution in [2.45, 2.75) is 57.2 Å². The molecule has 0 radical (unpaired) electrons. The van der Waals surface area contributed by atoms with Gasteiger partial charge in [-0.25, -0.2) is 4.79 Å². The second-order valence-electron chi connectivity index (χ2n) is 7.93. The molecule has 2 aliphatic carbocycles. The van der Waals surface area contributed by atoms with E-state index in [1.54, 1.807) is 6.08 Å². The zero-order chi connectivity index (χ0) is 16.2. The number of cyclic esters (lactones) is 1. The molecule has 6 nitrogen and oxygen atoms in total. The molecule has 4 fully saturated rings. The van der Waals surface area contributed by atoms with Crippen LogP contribution >= 0.6 is 0 Å². The van der Waals surface area contributed by atoms with Crippen LogP contribution < -0.4 is 0 Å². The molecule has 3 aliphatic heterocycles. The number of carbonyl (C=O) groups excluding carboxylic acids is 2. The number of carbonyl (C=O) groups is 2. The van der Waals surface area contributed by atoms with Crippen molar-refractivity contribution in [1.82, 2.24) is 0 Å². The van der Waals surface area contributed by atoms with Crippen molar-refractivity contribution in [2.24, 2.45) is 16.7 Å². The van der Waals surface area contributed by atoms with Gasteiger partial charge in [-0.05, 0) is 30.8 Å². The van der Waals surface area contributed by atoms with Crippen molar-refractivity contribution < 1.29 is 28.5 Å². The van der Waals surface area contributed by atoms with Gasteiger partial charge in [-0.15, -0.1) is 0 Å². The van der Waals surface area contributed by atoms with Crippen molar-refractivity contribution in [3.8, 4) is 0 Å². The van der Waals surface area contributed by atoms with Gasteiger partial charge in [0.2, 0.25) is 6.29 Å². The van der Waals surface area contributed by atoms with Crippen LogP contribution in [0.1, 0.15) is 33.1 Å². The summed E-state index contributed by atoms with van der Waals surface area (Å²) >= 11 is 0. The minimum absolute atomic E-state index is 0.0338. The van der Waals surface area contributed by atoms with Crippen LogP contribution in [0.4, 0.5) is 0 Å². The zero-order valence-electron chi connectivity index (χ0n) is 13.5. The molecule has 6 heteroatoms. The van der Waals surface area contributed by atoms with Gasteiger partial charge < -0.3 is 18.9 Å². The second-order valence-corrected chi connectivity index (χ2v) is 7.93. The van der Waals surface area contributed by atoms with Crippen LogP contribution in [0.2, 0.25) is 0 Å². The summed E-state index contributed by atoms with van der Waals surface area (Å²) in [4.78, 5) is 24.6. The van der Waals surface area contributed by atoms with Crippen LogP contribution in [0.5, 0.6) is 0 Å². The Balaban J connectivity index is 1.73. The van der Waals surface area contributed by atoms with Crippen LogP contribution in [0.25, 0.3) is 0 Å². The molecule has 5 aliphatic rings. The topological polar surface area (TPSA) is 74.4 Å². The van der Waals surface area contributed by atoms with Gasteiger partial charge >= 0.3 is 11.9 Å². The molecular weight excluding hydrogens is 300 g/mol. The molecule has 0 amide bonds. The summed E-state index contributed by atoms with van der Waals surface area (Å²) < 4.78 is 22.6. The van der Waals surface area contributed by atoms with Crippen LogP contribution in [-0.2, 0) is 28.5 Å². The second kappa shape index (κ2) is 3.81. The fourth-order valence-electron chi connectivity index (χ4n) is 5.97. The minimum Gasteiger partial charge on any atom is -0.459 e. The van der Waals surface area contributed by atoms with E-state index in [0.717, 1.165) is 24.8 Å². The van der Waals surface area contributed by atoms with E-state index >= 15 is 0 Å². The fourth-order valence-corrected chi connectivity index (χ4v) is 5.97. The molecule has 0 bridgehead atoms. The molecule has 0 aromatic heterocycles. The maximum atomic E-state index is 12.6. The lowest BCUT2D eigenvalue weighted by Gasteiger charge is -2.53. The summed E-state index contributed by atoms with van der Waals surface area (Å²) in [6.45, 7) is 4.14. The lowest BCUT2D eigenvalue weighted by atomic mass is 9.48. The Morgan fingerprint density at radius 3 is 2.65 bits per heavy atom. The van der Waals surface area contributed by atoms with Gasteiger partial charge in [0.1, 0.15) is 12.2 Å². The standard InChI is InChI=1S/C17H20O6/c1-15-5-4-6-16(2)11(15)10(22-13(16)19)12-17(23-12)8(15)7-9(18)21-14(17)20-3/h7,10-12,14H,4-6H2,1-3H3. The Labute approximate surface area is 134 Å². The van der Waals surface area contributed by atoms with Crippen LogP contribution in [-0.4, -0.2) is 43.1 Å². The van der Waals surface area contributed by atoms with E-state index < -0.39 is 23.3 Å². The maximum absolute atomic E-state index is 12.6. The van der Waals surface area contributed by atoms with Crippen LogP contribution in [0.3, 0.4) is 0 Å². The average molecular weight is 320 g/mol. The normalized spacial score (nSPS) is 55.9. The lowest BCUT2D eigenvalue weighted by Crippen LogP contribution is -2.60. The number of esters is 2. The Hall–Kier alpha value is -1.40. The van der Waals surface area contributed by atoms with E-state index in [-0.39, 0.29) is 29.5 Å². The van der Waals surface area contributed by atoms with Gasteiger partial charge in [0, 0.05) is 19.1 Å². The molecule has 0 N–H and O–H groups in total. The lowest BCUT2D eigenvalue weighted by molar-refractivity contribution is -0.187. The summed E-state index contributed by atoms with van der Waals surface area (Å²) in [7, 11) is 1.51. The van der Waals surface area contributed by atoms with Gasteiger partial charge in [-0.3, -0.25) is 4.79 Å². The van der Waals surface area contributed by atoms with Crippen molar-refractivity contribution in [2.75, 3.05) is 7.11 Å². The number of fused-ring (bicyclic) bond motifs is 2. The first kappa shape index (κ1) is 14.0. The molecular formula is C17H20O6. The molecule has 5 rings (SSSR count). The molecule has 23 heavy (non-hydrogen) atoms. The van der Waals surface area contributed by atoms with Gasteiger partial charge in [0.25, 0.3) is 0 Å². The molecule has 0 aromatic rings. The highest BCUT2D eigenvalue weighted by molar-refractivity contribution is 5.87. The summed E-state index contributed by atoms with van der Waals surface area (Å²) in [6, 6.07) is 0. The van der Waals surface area contributed by atoms with E-state index in [2.05, 4.69) is 6.92 Å². The molecule has 0 aromatic carbocycles. The number of methoxy groups -OCH3 is 1. The average Bonchev–Trinajstić information content (AvgIpc) is 3.17. The van der Waals surface area contributed by atoms with E-state index in [0.29, 0.717) is 0 Å². The third-order valence-corrected chi connectivity index (χ3v) is 6.87. The first-order valence-corrected chi connectivity index (χ1v) is 8.23. The van der Waals surface area contributed by atoms with Crippen LogP contribution in [0, 0.1) is 16.7 Å². The van der Waals surface area contributed by atoms with Gasteiger partial charge in [-0.2, -0.15) is 0 Å². The number of hydrogen-bond donors (Lipinski definition) is 0. The summed E-state index contributed by atoms with van der Waals surface area (Å²) in [5.41, 5.74) is -0.654. The smallest absolute Gasteiger partial charge is 0.333 e. The predicted octanol–water partition coefficient (Wildman–Crippen LogP) is 1.33. The fraction of sp³-hybridized carbons (Fsp3) is 0.765. The zero-order valence-corrected chi connectivity index (χ0v) is 13.5. The highest BCUT2D eigenvalue weighted by Crippen LogP contribution is 2.72. The predicted molar refractivity (Wildman–Crippen MR) is 76.0 cm³/mol. The van der Waals surface area contributed by atoms with E-state index in [9.17, 15) is 9.59 Å². The number of ether oxygens (including phenoxy) is 4. The monoisotopic (exact) mass is 320 g/mol. The SMILES string of the molecule is COC1OC(=O)C=C2C3(C)CCCC4(C)C(=O)OC(C43)C3OC213. The van der Waals surface area contributed by atoms with E-state index in [4.69, 9.17) is 18.9 Å². The quantitative estimate of drug-likeness (QED) is 0.536. The highest BCUT2D eigenvalue weighted by Gasteiger charge is 2.83. The Morgan fingerprint density at radius 2 is 1.91 bits per heavy atom. The first-order valence-electron chi connectivity index (χ1n) is 8.23. The Kier molecular flexibility index (Phi) is 2.31. The van der Waals surface area contributed by atoms with Crippen molar-refractivity contribution in [3.05, 3.63) is 11.6 Å².